The van der Waals surface area contributed by atoms with Crippen LogP contribution in [-0.2, 0) is 9.53 Å². The van der Waals surface area contributed by atoms with Gasteiger partial charge < -0.3 is 20.1 Å². The number of rotatable bonds is 1. The highest BCUT2D eigenvalue weighted by Crippen LogP contribution is 2.11. The minimum atomic E-state index is -0.833. The molecule has 1 rings (SSSR count). The van der Waals surface area contributed by atoms with Gasteiger partial charge in [-0.15, -0.1) is 0 Å². The van der Waals surface area contributed by atoms with Gasteiger partial charge in [0.1, 0.15) is 6.10 Å². The Hall–Kier alpha value is -0.650. The van der Waals surface area contributed by atoms with Gasteiger partial charge in [0.05, 0.1) is 12.7 Å². The first-order chi connectivity index (χ1) is 5.57. The molecule has 12 heavy (non-hydrogen) atoms. The summed E-state index contributed by atoms with van der Waals surface area (Å²) in [5.41, 5.74) is 0. The fourth-order valence-corrected chi connectivity index (χ4v) is 0.812. The van der Waals surface area contributed by atoms with Crippen LogP contribution in [0, 0.1) is 0 Å². The van der Waals surface area contributed by atoms with Crippen LogP contribution in [0.2, 0.25) is 0 Å². The van der Waals surface area contributed by atoms with E-state index in [1.165, 1.54) is 0 Å². The zero-order valence-corrected chi connectivity index (χ0v) is 6.93. The molecule has 1 fully saturated rings. The van der Waals surface area contributed by atoms with Crippen LogP contribution in [0.15, 0.2) is 0 Å². The minimum Gasteiger partial charge on any atom is -0.481 e. The van der Waals surface area contributed by atoms with E-state index < -0.39 is 12.1 Å². The molecule has 1 aliphatic heterocycles. The quantitative estimate of drug-likeness (QED) is 0.490. The Morgan fingerprint density at radius 1 is 1.67 bits per heavy atom. The zero-order valence-electron chi connectivity index (χ0n) is 6.93. The van der Waals surface area contributed by atoms with E-state index in [2.05, 4.69) is 0 Å². The van der Waals surface area contributed by atoms with Gasteiger partial charge in [-0.05, 0) is 6.42 Å². The zero-order chi connectivity index (χ0) is 9.56. The molecule has 0 aromatic rings. The molecule has 0 saturated carbocycles. The monoisotopic (exact) mass is 178 g/mol. The van der Waals surface area contributed by atoms with Gasteiger partial charge in [0, 0.05) is 13.5 Å². The predicted octanol–water partition coefficient (Wildman–Crippen LogP) is -0.781. The molecular formula is C7H14O5. The average molecular weight is 178 g/mol. The Morgan fingerprint density at radius 3 is 2.33 bits per heavy atom. The smallest absolute Gasteiger partial charge is 0.300 e. The third kappa shape index (κ3) is 5.06. The number of hydrogen-bond acceptors (Lipinski definition) is 4. The maximum atomic E-state index is 9.00. The summed E-state index contributed by atoms with van der Waals surface area (Å²) in [5, 5.41) is 24.8. The number of aliphatic hydroxyl groups excluding tert-OH is 2. The van der Waals surface area contributed by atoms with Crippen molar-refractivity contribution in [3.63, 3.8) is 0 Å². The number of ether oxygens (including phenoxy) is 1. The van der Waals surface area contributed by atoms with E-state index in [9.17, 15) is 0 Å². The maximum absolute atomic E-state index is 9.00. The van der Waals surface area contributed by atoms with Crippen molar-refractivity contribution in [2.75, 3.05) is 13.2 Å². The predicted molar refractivity (Wildman–Crippen MR) is 40.8 cm³/mol. The van der Waals surface area contributed by atoms with E-state index in [1.54, 1.807) is 0 Å². The third-order valence-electron chi connectivity index (χ3n) is 1.35. The normalized spacial score (nSPS) is 27.6. The van der Waals surface area contributed by atoms with Crippen LogP contribution < -0.4 is 0 Å². The Bertz CT molecular complexity index is 132. The summed E-state index contributed by atoms with van der Waals surface area (Å²) >= 11 is 0. The first-order valence-electron chi connectivity index (χ1n) is 3.68. The standard InChI is InChI=1S/C5H10O3.C2H4O2/c6-3-5-4(7)1-2-8-5;1-2(3)4/h4-7H,1-3H2;1H3,(H,3,4)/t4-,5-;/m1./s1. The summed E-state index contributed by atoms with van der Waals surface area (Å²) in [6.07, 6.45) is -0.111. The molecule has 0 aliphatic carbocycles. The highest BCUT2D eigenvalue weighted by atomic mass is 16.5. The molecule has 1 saturated heterocycles. The van der Waals surface area contributed by atoms with Gasteiger partial charge in [0.15, 0.2) is 0 Å². The van der Waals surface area contributed by atoms with Crippen LogP contribution in [0.1, 0.15) is 13.3 Å². The van der Waals surface area contributed by atoms with Crippen LogP contribution in [0.5, 0.6) is 0 Å². The molecule has 0 spiro atoms. The van der Waals surface area contributed by atoms with E-state index in [1.807, 2.05) is 0 Å². The molecule has 5 nitrogen and oxygen atoms in total. The Balaban J connectivity index is 0.000000261. The van der Waals surface area contributed by atoms with Crippen LogP contribution in [-0.4, -0.2) is 46.7 Å². The summed E-state index contributed by atoms with van der Waals surface area (Å²) in [7, 11) is 0. The van der Waals surface area contributed by atoms with Crippen LogP contribution in [0.25, 0.3) is 0 Å². The highest BCUT2D eigenvalue weighted by Gasteiger charge is 2.24. The summed E-state index contributed by atoms with van der Waals surface area (Å²) in [4.78, 5) is 9.00. The second-order valence-corrected chi connectivity index (χ2v) is 2.47. The second-order valence-electron chi connectivity index (χ2n) is 2.47. The lowest BCUT2D eigenvalue weighted by Gasteiger charge is -2.07. The summed E-state index contributed by atoms with van der Waals surface area (Å²) < 4.78 is 4.91. The number of aliphatic carboxylic acids is 1. The molecule has 1 aliphatic rings. The number of carboxylic acids is 1. The highest BCUT2D eigenvalue weighted by molar-refractivity contribution is 5.62. The van der Waals surface area contributed by atoms with Crippen molar-refractivity contribution in [2.45, 2.75) is 25.6 Å². The van der Waals surface area contributed by atoms with Gasteiger partial charge in [-0.3, -0.25) is 4.79 Å². The lowest BCUT2D eigenvalue weighted by atomic mass is 10.2. The van der Waals surface area contributed by atoms with Crippen molar-refractivity contribution in [1.82, 2.24) is 0 Å². The molecular weight excluding hydrogens is 164 g/mol. The second kappa shape index (κ2) is 5.93. The number of aliphatic hydroxyl groups is 2. The lowest BCUT2D eigenvalue weighted by Crippen LogP contribution is -2.24. The van der Waals surface area contributed by atoms with Crippen molar-refractivity contribution in [3.8, 4) is 0 Å². The van der Waals surface area contributed by atoms with E-state index in [-0.39, 0.29) is 12.7 Å². The number of carbonyl (C=O) groups is 1. The molecule has 0 bridgehead atoms. The molecule has 1 heterocycles. The van der Waals surface area contributed by atoms with Gasteiger partial charge in [-0.2, -0.15) is 0 Å². The van der Waals surface area contributed by atoms with Gasteiger partial charge in [0.2, 0.25) is 0 Å². The van der Waals surface area contributed by atoms with Crippen molar-refractivity contribution >= 4 is 5.97 Å². The Morgan fingerprint density at radius 2 is 2.17 bits per heavy atom. The molecule has 2 atom stereocenters. The topological polar surface area (TPSA) is 87.0 Å². The number of hydrogen-bond donors (Lipinski definition) is 3. The molecule has 72 valence electrons. The van der Waals surface area contributed by atoms with Crippen molar-refractivity contribution < 1.29 is 24.9 Å². The molecule has 0 aromatic heterocycles. The maximum Gasteiger partial charge on any atom is 0.300 e. The fraction of sp³-hybridized carbons (Fsp3) is 0.857. The average Bonchev–Trinajstić information content (AvgIpc) is 2.33. The van der Waals surface area contributed by atoms with E-state index in [4.69, 9.17) is 24.9 Å². The molecule has 0 amide bonds. The fourth-order valence-electron chi connectivity index (χ4n) is 0.812. The van der Waals surface area contributed by atoms with Crippen molar-refractivity contribution in [3.05, 3.63) is 0 Å². The molecule has 0 aromatic carbocycles. The van der Waals surface area contributed by atoms with Crippen LogP contribution in [0.4, 0.5) is 0 Å². The Labute approximate surface area is 70.6 Å². The summed E-state index contributed by atoms with van der Waals surface area (Å²) in [6.45, 7) is 1.59. The molecule has 0 radical (unpaired) electrons. The first kappa shape index (κ1) is 11.4. The van der Waals surface area contributed by atoms with E-state index in [0.717, 1.165) is 6.92 Å². The van der Waals surface area contributed by atoms with E-state index in [0.29, 0.717) is 13.0 Å². The summed E-state index contributed by atoms with van der Waals surface area (Å²) in [5.74, 6) is -0.833. The van der Waals surface area contributed by atoms with Crippen molar-refractivity contribution in [1.29, 1.82) is 0 Å². The van der Waals surface area contributed by atoms with Gasteiger partial charge in [-0.25, -0.2) is 0 Å². The minimum absolute atomic E-state index is 0.0683. The number of carboxylic acid groups (broad SMARTS) is 1. The molecule has 3 N–H and O–H groups in total. The SMILES string of the molecule is CC(=O)O.OC[C@H]1OCC[C@H]1O. The van der Waals surface area contributed by atoms with E-state index >= 15 is 0 Å². The summed E-state index contributed by atoms with van der Waals surface area (Å²) in [6, 6.07) is 0. The molecule has 0 unspecified atom stereocenters. The van der Waals surface area contributed by atoms with Crippen LogP contribution >= 0.6 is 0 Å². The Kier molecular flexibility index (Phi) is 5.61. The first-order valence-corrected chi connectivity index (χ1v) is 3.68. The van der Waals surface area contributed by atoms with Crippen LogP contribution in [0.3, 0.4) is 0 Å². The largest absolute Gasteiger partial charge is 0.481 e. The van der Waals surface area contributed by atoms with Gasteiger partial charge >= 0.3 is 0 Å². The lowest BCUT2D eigenvalue weighted by molar-refractivity contribution is -0.134. The van der Waals surface area contributed by atoms with Gasteiger partial charge in [-0.1, -0.05) is 0 Å². The van der Waals surface area contributed by atoms with Crippen molar-refractivity contribution in [2.24, 2.45) is 0 Å². The third-order valence-corrected chi connectivity index (χ3v) is 1.35. The molecule has 5 heteroatoms. The van der Waals surface area contributed by atoms with Gasteiger partial charge in [0.25, 0.3) is 5.97 Å².